The van der Waals surface area contributed by atoms with Gasteiger partial charge in [0.15, 0.2) is 0 Å². The van der Waals surface area contributed by atoms with Crippen LogP contribution in [0.4, 0.5) is 0 Å². The summed E-state index contributed by atoms with van der Waals surface area (Å²) >= 11 is 0. The first kappa shape index (κ1) is 15.0. The van der Waals surface area contributed by atoms with Crippen molar-refractivity contribution in [3.63, 3.8) is 0 Å². The molecule has 0 aliphatic carbocycles. The van der Waals surface area contributed by atoms with Crippen molar-refractivity contribution in [1.29, 1.82) is 0 Å². The average Bonchev–Trinajstić information content (AvgIpc) is 2.92. The second-order valence-corrected chi connectivity index (χ2v) is 5.44. The minimum Gasteiger partial charge on any atom is -0.357 e. The van der Waals surface area contributed by atoms with Gasteiger partial charge in [0, 0.05) is 18.0 Å². The smallest absolute Gasteiger partial charge is 0.252 e. The number of carbonyl (C=O) groups excluding carboxylic acids is 2. The van der Waals surface area contributed by atoms with Crippen LogP contribution in [0.15, 0.2) is 24.4 Å². The number of carbonyl (C=O) groups is 2. The van der Waals surface area contributed by atoms with Crippen molar-refractivity contribution >= 4 is 22.7 Å². The largest absolute Gasteiger partial charge is 0.357 e. The summed E-state index contributed by atoms with van der Waals surface area (Å²) in [6.07, 6.45) is 2.29. The molecule has 0 bridgehead atoms. The number of likely N-dealkylation sites (N-methyl/N-ethyl adjacent to an activating group) is 1. The minimum atomic E-state index is -0.528. The summed E-state index contributed by atoms with van der Waals surface area (Å²) in [6.45, 7) is 4.03. The predicted octanol–water partition coefficient (Wildman–Crippen LogP) is 1.45. The van der Waals surface area contributed by atoms with E-state index in [9.17, 15) is 9.59 Å². The third kappa shape index (κ3) is 3.59. The number of amides is 2. The highest BCUT2D eigenvalue weighted by molar-refractivity contribution is 6.00. The molecule has 1 aromatic heterocycles. The normalized spacial score (nSPS) is 12.4. The van der Waals surface area contributed by atoms with Crippen molar-refractivity contribution < 1.29 is 9.59 Å². The van der Waals surface area contributed by atoms with Crippen molar-refractivity contribution in [3.8, 4) is 0 Å². The van der Waals surface area contributed by atoms with Crippen LogP contribution in [0, 0.1) is 5.92 Å². The van der Waals surface area contributed by atoms with Crippen LogP contribution in [0.3, 0.4) is 0 Å². The third-order valence-corrected chi connectivity index (χ3v) is 3.28. The number of rotatable bonds is 5. The molecule has 0 fully saturated rings. The van der Waals surface area contributed by atoms with E-state index in [-0.39, 0.29) is 11.8 Å². The molecule has 0 spiro atoms. The van der Waals surface area contributed by atoms with E-state index < -0.39 is 6.04 Å². The number of nitrogens with zero attached hydrogens (tertiary/aromatic N) is 1. The van der Waals surface area contributed by atoms with Crippen LogP contribution in [0.5, 0.6) is 0 Å². The van der Waals surface area contributed by atoms with Crippen LogP contribution in [0.25, 0.3) is 10.9 Å². The summed E-state index contributed by atoms with van der Waals surface area (Å²) in [6, 6.07) is 4.75. The Bertz CT molecular complexity index is 648. The van der Waals surface area contributed by atoms with E-state index in [1.807, 2.05) is 19.9 Å². The van der Waals surface area contributed by atoms with Crippen LogP contribution >= 0.6 is 0 Å². The van der Waals surface area contributed by atoms with Crippen molar-refractivity contribution in [3.05, 3.63) is 30.0 Å². The molecular formula is C15H20N4O2. The van der Waals surface area contributed by atoms with Crippen LogP contribution in [-0.4, -0.2) is 35.1 Å². The second kappa shape index (κ2) is 6.39. The monoisotopic (exact) mass is 288 g/mol. The number of hydrogen-bond acceptors (Lipinski definition) is 3. The Kier molecular flexibility index (Phi) is 4.57. The Morgan fingerprint density at radius 3 is 2.76 bits per heavy atom. The molecule has 1 atom stereocenters. The van der Waals surface area contributed by atoms with E-state index in [0.29, 0.717) is 17.9 Å². The van der Waals surface area contributed by atoms with E-state index in [0.717, 1.165) is 10.9 Å². The topological polar surface area (TPSA) is 86.9 Å². The van der Waals surface area contributed by atoms with Gasteiger partial charge in [-0.25, -0.2) is 0 Å². The van der Waals surface area contributed by atoms with E-state index >= 15 is 0 Å². The first-order valence-electron chi connectivity index (χ1n) is 6.97. The number of nitrogens with one attached hydrogen (secondary N) is 3. The molecule has 0 aliphatic heterocycles. The SMILES string of the molecule is CNC(=O)C(CC(C)C)NC(=O)c1ccc2cn[nH]c2c1. The number of aromatic nitrogens is 2. The van der Waals surface area contributed by atoms with Gasteiger partial charge in [-0.15, -0.1) is 0 Å². The molecule has 0 aliphatic rings. The van der Waals surface area contributed by atoms with Gasteiger partial charge in [0.25, 0.3) is 5.91 Å². The lowest BCUT2D eigenvalue weighted by Gasteiger charge is -2.19. The molecule has 0 saturated heterocycles. The van der Waals surface area contributed by atoms with Gasteiger partial charge in [0.1, 0.15) is 6.04 Å². The highest BCUT2D eigenvalue weighted by Crippen LogP contribution is 2.13. The number of fused-ring (bicyclic) bond motifs is 1. The predicted molar refractivity (Wildman–Crippen MR) is 80.9 cm³/mol. The summed E-state index contributed by atoms with van der Waals surface area (Å²) in [7, 11) is 1.57. The van der Waals surface area contributed by atoms with Gasteiger partial charge in [-0.1, -0.05) is 19.9 Å². The minimum absolute atomic E-state index is 0.181. The molecule has 21 heavy (non-hydrogen) atoms. The molecule has 3 N–H and O–H groups in total. The second-order valence-electron chi connectivity index (χ2n) is 5.44. The Morgan fingerprint density at radius 1 is 1.33 bits per heavy atom. The maximum absolute atomic E-state index is 12.3. The lowest BCUT2D eigenvalue weighted by atomic mass is 10.0. The summed E-state index contributed by atoms with van der Waals surface area (Å²) < 4.78 is 0. The van der Waals surface area contributed by atoms with Crippen molar-refractivity contribution in [2.75, 3.05) is 7.05 Å². The van der Waals surface area contributed by atoms with Crippen LogP contribution in [0.2, 0.25) is 0 Å². The zero-order valence-corrected chi connectivity index (χ0v) is 12.4. The Hall–Kier alpha value is -2.37. The van der Waals surface area contributed by atoms with Crippen LogP contribution in [0.1, 0.15) is 30.6 Å². The molecule has 0 saturated carbocycles. The molecule has 1 aromatic carbocycles. The number of H-pyrrole nitrogens is 1. The summed E-state index contributed by atoms with van der Waals surface area (Å²) in [5, 5.41) is 13.1. The molecule has 0 radical (unpaired) electrons. The first-order valence-corrected chi connectivity index (χ1v) is 6.97. The molecule has 1 unspecified atom stereocenters. The highest BCUT2D eigenvalue weighted by atomic mass is 16.2. The lowest BCUT2D eigenvalue weighted by molar-refractivity contribution is -0.122. The zero-order chi connectivity index (χ0) is 15.4. The van der Waals surface area contributed by atoms with Crippen molar-refractivity contribution in [2.24, 2.45) is 5.92 Å². The van der Waals surface area contributed by atoms with Crippen LogP contribution in [-0.2, 0) is 4.79 Å². The van der Waals surface area contributed by atoms with Crippen molar-refractivity contribution in [1.82, 2.24) is 20.8 Å². The lowest BCUT2D eigenvalue weighted by Crippen LogP contribution is -2.46. The van der Waals surface area contributed by atoms with Gasteiger partial charge in [-0.2, -0.15) is 5.10 Å². The van der Waals surface area contributed by atoms with Crippen molar-refractivity contribution in [2.45, 2.75) is 26.3 Å². The number of hydrogen-bond donors (Lipinski definition) is 3. The fraction of sp³-hybridized carbons (Fsp3) is 0.400. The molecule has 2 aromatic rings. The molecule has 112 valence electrons. The average molecular weight is 288 g/mol. The number of aromatic amines is 1. The molecule has 1 heterocycles. The van der Waals surface area contributed by atoms with Gasteiger partial charge in [-0.05, 0) is 24.5 Å². The Balaban J connectivity index is 2.15. The van der Waals surface area contributed by atoms with Gasteiger partial charge >= 0.3 is 0 Å². The summed E-state index contributed by atoms with van der Waals surface area (Å²) in [5.41, 5.74) is 1.30. The fourth-order valence-electron chi connectivity index (χ4n) is 2.20. The maximum Gasteiger partial charge on any atom is 0.252 e. The zero-order valence-electron chi connectivity index (χ0n) is 12.4. The first-order chi connectivity index (χ1) is 10.0. The molecule has 2 rings (SSSR count). The quantitative estimate of drug-likeness (QED) is 0.778. The molecule has 2 amide bonds. The summed E-state index contributed by atoms with van der Waals surface area (Å²) in [4.78, 5) is 24.1. The van der Waals surface area contributed by atoms with Crippen LogP contribution < -0.4 is 10.6 Å². The van der Waals surface area contributed by atoms with E-state index in [2.05, 4.69) is 20.8 Å². The fourth-order valence-corrected chi connectivity index (χ4v) is 2.20. The molecule has 6 nitrogen and oxygen atoms in total. The van der Waals surface area contributed by atoms with Gasteiger partial charge in [0.05, 0.1) is 11.7 Å². The van der Waals surface area contributed by atoms with Gasteiger partial charge in [-0.3, -0.25) is 14.7 Å². The molecule has 6 heteroatoms. The number of benzene rings is 1. The highest BCUT2D eigenvalue weighted by Gasteiger charge is 2.21. The summed E-state index contributed by atoms with van der Waals surface area (Å²) in [5.74, 6) is -0.136. The maximum atomic E-state index is 12.3. The van der Waals surface area contributed by atoms with E-state index in [4.69, 9.17) is 0 Å². The molecular weight excluding hydrogens is 268 g/mol. The standard InChI is InChI=1S/C15H20N4O2/c1-9(2)6-13(15(21)16-3)18-14(20)10-4-5-11-8-17-19-12(11)7-10/h4-5,7-9,13H,6H2,1-3H3,(H,16,21)(H,17,19)(H,18,20). The van der Waals surface area contributed by atoms with E-state index in [1.54, 1.807) is 25.4 Å². The van der Waals surface area contributed by atoms with Gasteiger partial charge in [0.2, 0.25) is 5.91 Å². The van der Waals surface area contributed by atoms with Gasteiger partial charge < -0.3 is 10.6 Å². The third-order valence-electron chi connectivity index (χ3n) is 3.28. The Labute approximate surface area is 123 Å². The van der Waals surface area contributed by atoms with E-state index in [1.165, 1.54) is 0 Å². The Morgan fingerprint density at radius 2 is 2.10 bits per heavy atom.